The highest BCUT2D eigenvalue weighted by Crippen LogP contribution is 2.44. The van der Waals surface area contributed by atoms with E-state index in [1.54, 1.807) is 4.90 Å². The molecule has 1 aliphatic rings. The lowest BCUT2D eigenvalue weighted by Crippen LogP contribution is -2.37. The largest absolute Gasteiger partial charge is 0.307 e. The Morgan fingerprint density at radius 1 is 1.04 bits per heavy atom. The molecule has 1 heterocycles. The summed E-state index contributed by atoms with van der Waals surface area (Å²) >= 11 is 6.03. The molecule has 1 aliphatic heterocycles. The van der Waals surface area contributed by atoms with Crippen molar-refractivity contribution in [2.75, 3.05) is 11.4 Å². The van der Waals surface area contributed by atoms with Crippen LogP contribution in [-0.2, 0) is 4.79 Å². The number of nitrogens with zero attached hydrogens (tertiary/aromatic N) is 1. The van der Waals surface area contributed by atoms with Crippen molar-refractivity contribution in [2.24, 2.45) is 0 Å². The van der Waals surface area contributed by atoms with Gasteiger partial charge >= 0.3 is 0 Å². The fraction of sp³-hybridized carbons (Fsp3) is 0.136. The minimum atomic E-state index is 0.0506. The lowest BCUT2D eigenvalue weighted by Gasteiger charge is -2.35. The second-order valence-corrected chi connectivity index (χ2v) is 6.92. The highest BCUT2D eigenvalue weighted by molar-refractivity contribution is 6.30. The van der Waals surface area contributed by atoms with E-state index in [0.717, 1.165) is 11.3 Å². The third kappa shape index (κ3) is 2.83. The number of hydrogen-bond acceptors (Lipinski definition) is 1. The smallest absolute Gasteiger partial charge is 0.228 e. The van der Waals surface area contributed by atoms with Gasteiger partial charge in [0, 0.05) is 23.1 Å². The molecule has 0 radical (unpaired) electrons. The standard InChI is InChI=1S/C22H18ClNO/c1-15(23)14-24-20-12-11-17-9-5-6-10-18(17)22(20)19(13-21(24)25)16-7-3-2-4-8-16/h2-12,19H,1,13-14H2. The summed E-state index contributed by atoms with van der Waals surface area (Å²) < 4.78 is 0. The van der Waals surface area contributed by atoms with Gasteiger partial charge in [-0.3, -0.25) is 4.79 Å². The number of amides is 1. The Labute approximate surface area is 152 Å². The van der Waals surface area contributed by atoms with Crippen molar-refractivity contribution in [1.29, 1.82) is 0 Å². The van der Waals surface area contributed by atoms with Crippen molar-refractivity contribution in [3.63, 3.8) is 0 Å². The SMILES string of the molecule is C=C(Cl)CN1C(=O)CC(c2ccccc2)c2c1ccc1ccccc21. The molecule has 4 rings (SSSR count). The maximum absolute atomic E-state index is 12.8. The van der Waals surface area contributed by atoms with E-state index >= 15 is 0 Å². The molecule has 124 valence electrons. The first-order valence-electron chi connectivity index (χ1n) is 8.35. The first-order valence-corrected chi connectivity index (χ1v) is 8.73. The van der Waals surface area contributed by atoms with E-state index in [0.29, 0.717) is 18.0 Å². The maximum Gasteiger partial charge on any atom is 0.228 e. The van der Waals surface area contributed by atoms with Gasteiger partial charge in [0.1, 0.15) is 0 Å². The van der Waals surface area contributed by atoms with Gasteiger partial charge in [0.2, 0.25) is 5.91 Å². The molecule has 3 aromatic carbocycles. The minimum Gasteiger partial charge on any atom is -0.307 e. The van der Waals surface area contributed by atoms with Gasteiger partial charge in [0.15, 0.2) is 0 Å². The summed E-state index contributed by atoms with van der Waals surface area (Å²) in [6, 6.07) is 22.7. The van der Waals surface area contributed by atoms with E-state index < -0.39 is 0 Å². The zero-order valence-electron chi connectivity index (χ0n) is 13.8. The van der Waals surface area contributed by atoms with Crippen LogP contribution in [0.1, 0.15) is 23.5 Å². The number of fused-ring (bicyclic) bond motifs is 3. The van der Waals surface area contributed by atoms with Crippen molar-refractivity contribution >= 4 is 34.0 Å². The molecule has 1 amide bonds. The number of carbonyl (C=O) groups excluding carboxylic acids is 1. The molecule has 3 aromatic rings. The van der Waals surface area contributed by atoms with Gasteiger partial charge in [-0.15, -0.1) is 0 Å². The predicted octanol–water partition coefficient (Wildman–Crippen LogP) is 5.46. The number of rotatable bonds is 3. The van der Waals surface area contributed by atoms with E-state index in [1.807, 2.05) is 36.4 Å². The molecule has 0 spiro atoms. The lowest BCUT2D eigenvalue weighted by molar-refractivity contribution is -0.119. The third-order valence-electron chi connectivity index (χ3n) is 4.80. The number of halogens is 1. The maximum atomic E-state index is 12.8. The molecule has 1 unspecified atom stereocenters. The van der Waals surface area contributed by atoms with Crippen LogP contribution in [0.25, 0.3) is 10.8 Å². The van der Waals surface area contributed by atoms with Crippen LogP contribution in [0, 0.1) is 0 Å². The van der Waals surface area contributed by atoms with Crippen LogP contribution in [0.4, 0.5) is 5.69 Å². The van der Waals surface area contributed by atoms with Crippen molar-refractivity contribution in [1.82, 2.24) is 0 Å². The molecule has 1 atom stereocenters. The fourth-order valence-corrected chi connectivity index (χ4v) is 3.84. The van der Waals surface area contributed by atoms with E-state index in [-0.39, 0.29) is 11.8 Å². The van der Waals surface area contributed by atoms with Crippen LogP contribution >= 0.6 is 11.6 Å². The summed E-state index contributed by atoms with van der Waals surface area (Å²) in [5.74, 6) is 0.132. The molecular formula is C22H18ClNO. The van der Waals surface area contributed by atoms with E-state index in [1.165, 1.54) is 16.3 Å². The van der Waals surface area contributed by atoms with Crippen molar-refractivity contribution in [3.8, 4) is 0 Å². The Morgan fingerprint density at radius 3 is 2.52 bits per heavy atom. The summed E-state index contributed by atoms with van der Waals surface area (Å²) in [5, 5.41) is 2.83. The zero-order valence-corrected chi connectivity index (χ0v) is 14.5. The van der Waals surface area contributed by atoms with Crippen molar-refractivity contribution in [3.05, 3.63) is 89.5 Å². The normalized spacial score (nSPS) is 16.8. The van der Waals surface area contributed by atoms with Crippen molar-refractivity contribution in [2.45, 2.75) is 12.3 Å². The topological polar surface area (TPSA) is 20.3 Å². The van der Waals surface area contributed by atoms with Gasteiger partial charge in [0.25, 0.3) is 0 Å². The van der Waals surface area contributed by atoms with Gasteiger partial charge in [-0.1, -0.05) is 78.8 Å². The summed E-state index contributed by atoms with van der Waals surface area (Å²) in [4.78, 5) is 14.6. The Balaban J connectivity index is 1.97. The first-order chi connectivity index (χ1) is 12.1. The van der Waals surface area contributed by atoms with Crippen LogP contribution in [-0.4, -0.2) is 12.5 Å². The number of carbonyl (C=O) groups is 1. The number of hydrogen-bond donors (Lipinski definition) is 0. The van der Waals surface area contributed by atoms with E-state index in [2.05, 4.69) is 36.9 Å². The molecule has 0 aliphatic carbocycles. The Morgan fingerprint density at radius 2 is 1.76 bits per heavy atom. The van der Waals surface area contributed by atoms with Crippen LogP contribution in [0.3, 0.4) is 0 Å². The summed E-state index contributed by atoms with van der Waals surface area (Å²) in [6.07, 6.45) is 0.440. The summed E-state index contributed by atoms with van der Waals surface area (Å²) in [7, 11) is 0. The monoisotopic (exact) mass is 347 g/mol. The molecule has 3 heteroatoms. The Bertz CT molecular complexity index is 964. The van der Waals surface area contributed by atoms with Crippen LogP contribution in [0.5, 0.6) is 0 Å². The molecule has 25 heavy (non-hydrogen) atoms. The van der Waals surface area contributed by atoms with E-state index in [4.69, 9.17) is 11.6 Å². The van der Waals surface area contributed by atoms with Gasteiger partial charge < -0.3 is 4.90 Å². The molecular weight excluding hydrogens is 330 g/mol. The molecule has 0 aromatic heterocycles. The molecule has 0 N–H and O–H groups in total. The third-order valence-corrected chi connectivity index (χ3v) is 4.92. The van der Waals surface area contributed by atoms with Gasteiger partial charge in [-0.25, -0.2) is 0 Å². The Hall–Kier alpha value is -2.58. The summed E-state index contributed by atoms with van der Waals surface area (Å²) in [5.41, 5.74) is 3.30. The van der Waals surface area contributed by atoms with Crippen molar-refractivity contribution < 1.29 is 4.79 Å². The Kier molecular flexibility index (Phi) is 4.06. The zero-order chi connectivity index (χ0) is 17.4. The predicted molar refractivity (Wildman–Crippen MR) is 104 cm³/mol. The van der Waals surface area contributed by atoms with Crippen LogP contribution < -0.4 is 4.90 Å². The lowest BCUT2D eigenvalue weighted by atomic mass is 9.81. The average Bonchev–Trinajstić information content (AvgIpc) is 2.63. The molecule has 0 saturated carbocycles. The second kappa shape index (κ2) is 6.38. The molecule has 0 saturated heterocycles. The van der Waals surface area contributed by atoms with Crippen LogP contribution in [0.15, 0.2) is 78.3 Å². The van der Waals surface area contributed by atoms with Gasteiger partial charge in [-0.05, 0) is 28.0 Å². The second-order valence-electron chi connectivity index (χ2n) is 6.38. The van der Waals surface area contributed by atoms with Gasteiger partial charge in [-0.2, -0.15) is 0 Å². The molecule has 0 fully saturated rings. The van der Waals surface area contributed by atoms with Crippen LogP contribution in [0.2, 0.25) is 0 Å². The highest BCUT2D eigenvalue weighted by atomic mass is 35.5. The molecule has 2 nitrogen and oxygen atoms in total. The molecule has 0 bridgehead atoms. The highest BCUT2D eigenvalue weighted by Gasteiger charge is 2.33. The number of benzene rings is 3. The first kappa shape index (κ1) is 15.9. The minimum absolute atomic E-state index is 0.0506. The summed E-state index contributed by atoms with van der Waals surface area (Å²) in [6.45, 7) is 4.11. The van der Waals surface area contributed by atoms with Gasteiger partial charge in [0.05, 0.1) is 6.54 Å². The fourth-order valence-electron chi connectivity index (χ4n) is 3.72. The average molecular weight is 348 g/mol. The van der Waals surface area contributed by atoms with E-state index in [9.17, 15) is 4.79 Å². The quantitative estimate of drug-likeness (QED) is 0.616. The number of anilines is 1.